The molecular formula is C12H14FN5O. The van der Waals surface area contributed by atoms with Crippen LogP contribution in [0.4, 0.5) is 10.1 Å². The Balaban J connectivity index is 1.94. The van der Waals surface area contributed by atoms with Crippen LogP contribution < -0.4 is 5.73 Å². The van der Waals surface area contributed by atoms with E-state index in [0.29, 0.717) is 17.1 Å². The highest BCUT2D eigenvalue weighted by Gasteiger charge is 2.33. The van der Waals surface area contributed by atoms with Gasteiger partial charge in [-0.2, -0.15) is 0 Å². The second kappa shape index (κ2) is 4.58. The molecule has 0 bridgehead atoms. The highest BCUT2D eigenvalue weighted by molar-refractivity contribution is 5.61. The summed E-state index contributed by atoms with van der Waals surface area (Å²) in [5.41, 5.74) is 6.49. The number of aromatic nitrogens is 4. The standard InChI is InChI=1S/C12H14FN5O/c1-19-9-5-8(6-9)18-12(15-16-17-18)10-4-7(14)2-3-11(10)13/h2-4,8-9H,5-6,14H2,1H3. The first-order chi connectivity index (χ1) is 9.19. The second-order valence-electron chi connectivity index (χ2n) is 4.67. The maximum Gasteiger partial charge on any atom is 0.185 e. The Kier molecular flexibility index (Phi) is 2.90. The first-order valence-electron chi connectivity index (χ1n) is 6.05. The number of rotatable bonds is 3. The van der Waals surface area contributed by atoms with E-state index in [1.165, 1.54) is 12.1 Å². The third-order valence-electron chi connectivity index (χ3n) is 3.47. The second-order valence-corrected chi connectivity index (χ2v) is 4.67. The molecule has 0 saturated heterocycles. The minimum atomic E-state index is -0.382. The molecule has 3 rings (SSSR count). The molecule has 0 amide bonds. The van der Waals surface area contributed by atoms with Gasteiger partial charge in [0.2, 0.25) is 0 Å². The van der Waals surface area contributed by atoms with Gasteiger partial charge in [0.15, 0.2) is 5.82 Å². The van der Waals surface area contributed by atoms with Gasteiger partial charge in [-0.15, -0.1) is 5.10 Å². The van der Waals surface area contributed by atoms with Crippen LogP contribution in [0.1, 0.15) is 18.9 Å². The van der Waals surface area contributed by atoms with E-state index in [0.717, 1.165) is 12.8 Å². The summed E-state index contributed by atoms with van der Waals surface area (Å²) < 4.78 is 20.7. The molecule has 1 saturated carbocycles. The number of tetrazole rings is 1. The van der Waals surface area contributed by atoms with E-state index in [1.807, 2.05) is 0 Å². The molecule has 19 heavy (non-hydrogen) atoms. The normalized spacial score (nSPS) is 22.2. The minimum Gasteiger partial charge on any atom is -0.399 e. The summed E-state index contributed by atoms with van der Waals surface area (Å²) in [6, 6.07) is 4.53. The number of methoxy groups -OCH3 is 1. The van der Waals surface area contributed by atoms with Crippen LogP contribution in [0.15, 0.2) is 18.2 Å². The lowest BCUT2D eigenvalue weighted by Gasteiger charge is -2.34. The van der Waals surface area contributed by atoms with Gasteiger partial charge in [-0.1, -0.05) is 0 Å². The highest BCUT2D eigenvalue weighted by atomic mass is 19.1. The third-order valence-corrected chi connectivity index (χ3v) is 3.47. The number of hydrogen-bond acceptors (Lipinski definition) is 5. The summed E-state index contributed by atoms with van der Waals surface area (Å²) in [5.74, 6) is 0.0252. The molecule has 1 heterocycles. The van der Waals surface area contributed by atoms with Gasteiger partial charge >= 0.3 is 0 Å². The molecule has 0 radical (unpaired) electrons. The largest absolute Gasteiger partial charge is 0.399 e. The number of benzene rings is 1. The topological polar surface area (TPSA) is 78.8 Å². The van der Waals surface area contributed by atoms with E-state index in [9.17, 15) is 4.39 Å². The number of halogens is 1. The predicted octanol–water partition coefficient (Wildman–Crippen LogP) is 1.41. The van der Waals surface area contributed by atoms with Crippen LogP contribution in [0.2, 0.25) is 0 Å². The number of hydrogen-bond donors (Lipinski definition) is 1. The number of ether oxygens (including phenoxy) is 1. The molecule has 100 valence electrons. The third kappa shape index (κ3) is 2.06. The maximum absolute atomic E-state index is 13.9. The van der Waals surface area contributed by atoms with Crippen molar-refractivity contribution in [2.45, 2.75) is 25.0 Å². The van der Waals surface area contributed by atoms with Crippen molar-refractivity contribution in [3.63, 3.8) is 0 Å². The summed E-state index contributed by atoms with van der Waals surface area (Å²) in [5, 5.41) is 11.5. The number of nitrogens with two attached hydrogens (primary N) is 1. The molecule has 1 fully saturated rings. The molecule has 2 N–H and O–H groups in total. The average molecular weight is 263 g/mol. The smallest absolute Gasteiger partial charge is 0.185 e. The molecule has 0 unspecified atom stereocenters. The Bertz CT molecular complexity index is 594. The van der Waals surface area contributed by atoms with E-state index >= 15 is 0 Å². The molecule has 7 heteroatoms. The zero-order valence-corrected chi connectivity index (χ0v) is 10.5. The zero-order chi connectivity index (χ0) is 13.4. The van der Waals surface area contributed by atoms with Crippen molar-refractivity contribution in [2.75, 3.05) is 12.8 Å². The molecule has 1 aliphatic rings. The Morgan fingerprint density at radius 1 is 1.42 bits per heavy atom. The van der Waals surface area contributed by atoms with Gasteiger partial charge < -0.3 is 10.5 Å². The molecule has 1 aliphatic carbocycles. The number of anilines is 1. The Morgan fingerprint density at radius 3 is 2.95 bits per heavy atom. The first-order valence-corrected chi connectivity index (χ1v) is 6.05. The van der Waals surface area contributed by atoms with Crippen molar-refractivity contribution in [1.82, 2.24) is 20.2 Å². The average Bonchev–Trinajstić information content (AvgIpc) is 2.80. The van der Waals surface area contributed by atoms with Gasteiger partial charge in [-0.25, -0.2) is 9.07 Å². The molecule has 0 spiro atoms. The number of nitrogen functional groups attached to an aromatic ring is 1. The lowest BCUT2D eigenvalue weighted by atomic mass is 9.89. The van der Waals surface area contributed by atoms with Crippen LogP contribution in [0.3, 0.4) is 0 Å². The van der Waals surface area contributed by atoms with Gasteiger partial charge in [0.1, 0.15) is 5.82 Å². The first kappa shape index (κ1) is 12.0. The summed E-state index contributed by atoms with van der Waals surface area (Å²) in [7, 11) is 1.68. The SMILES string of the molecule is COC1CC(n2nnnc2-c2cc(N)ccc2F)C1. The summed E-state index contributed by atoms with van der Waals surface area (Å²) in [4.78, 5) is 0. The van der Waals surface area contributed by atoms with E-state index in [4.69, 9.17) is 10.5 Å². The van der Waals surface area contributed by atoms with Gasteiger partial charge in [0.25, 0.3) is 0 Å². The van der Waals surface area contributed by atoms with Crippen molar-refractivity contribution < 1.29 is 9.13 Å². The van der Waals surface area contributed by atoms with Crippen LogP contribution in [0, 0.1) is 5.82 Å². The van der Waals surface area contributed by atoms with Crippen molar-refractivity contribution in [3.8, 4) is 11.4 Å². The van der Waals surface area contributed by atoms with Crippen LogP contribution in [0.5, 0.6) is 0 Å². The molecular weight excluding hydrogens is 249 g/mol. The maximum atomic E-state index is 13.9. The van der Waals surface area contributed by atoms with Gasteiger partial charge in [-0.05, 0) is 41.5 Å². The van der Waals surface area contributed by atoms with Crippen LogP contribution in [-0.2, 0) is 4.74 Å². The molecule has 6 nitrogen and oxygen atoms in total. The molecule has 2 aromatic rings. The Hall–Kier alpha value is -2.02. The van der Waals surface area contributed by atoms with Crippen molar-refractivity contribution in [2.24, 2.45) is 0 Å². The van der Waals surface area contributed by atoms with Crippen molar-refractivity contribution in [3.05, 3.63) is 24.0 Å². The predicted molar refractivity (Wildman–Crippen MR) is 66.7 cm³/mol. The highest BCUT2D eigenvalue weighted by Crippen LogP contribution is 2.36. The van der Waals surface area contributed by atoms with Crippen LogP contribution in [0.25, 0.3) is 11.4 Å². The van der Waals surface area contributed by atoms with Crippen LogP contribution >= 0.6 is 0 Å². The Morgan fingerprint density at radius 2 is 2.21 bits per heavy atom. The monoisotopic (exact) mass is 263 g/mol. The summed E-state index contributed by atoms with van der Waals surface area (Å²) in [6.07, 6.45) is 1.89. The quantitative estimate of drug-likeness (QED) is 0.847. The zero-order valence-electron chi connectivity index (χ0n) is 10.5. The van der Waals surface area contributed by atoms with E-state index in [1.54, 1.807) is 17.9 Å². The van der Waals surface area contributed by atoms with E-state index in [2.05, 4.69) is 15.5 Å². The van der Waals surface area contributed by atoms with Crippen LogP contribution in [-0.4, -0.2) is 33.4 Å². The van der Waals surface area contributed by atoms with Gasteiger partial charge in [0, 0.05) is 12.8 Å². The van der Waals surface area contributed by atoms with E-state index < -0.39 is 0 Å². The Labute approximate surface area is 109 Å². The molecule has 0 atom stereocenters. The minimum absolute atomic E-state index is 0.149. The van der Waals surface area contributed by atoms with Crippen molar-refractivity contribution in [1.29, 1.82) is 0 Å². The fraction of sp³-hybridized carbons (Fsp3) is 0.417. The van der Waals surface area contributed by atoms with Gasteiger partial charge in [-0.3, -0.25) is 0 Å². The lowest BCUT2D eigenvalue weighted by Crippen LogP contribution is -2.33. The molecule has 1 aromatic carbocycles. The summed E-state index contributed by atoms with van der Waals surface area (Å²) in [6.45, 7) is 0. The number of nitrogens with zero attached hydrogens (tertiary/aromatic N) is 4. The fourth-order valence-corrected chi connectivity index (χ4v) is 2.26. The fourth-order valence-electron chi connectivity index (χ4n) is 2.26. The molecule has 0 aliphatic heterocycles. The van der Waals surface area contributed by atoms with Gasteiger partial charge in [0.05, 0.1) is 17.7 Å². The summed E-state index contributed by atoms with van der Waals surface area (Å²) >= 11 is 0. The lowest BCUT2D eigenvalue weighted by molar-refractivity contribution is 0.00247. The van der Waals surface area contributed by atoms with Crippen molar-refractivity contribution >= 4 is 5.69 Å². The molecule has 1 aromatic heterocycles. The van der Waals surface area contributed by atoms with E-state index in [-0.39, 0.29) is 18.0 Å².